The topological polar surface area (TPSA) is 96.7 Å². The Morgan fingerprint density at radius 1 is 1.00 bits per heavy atom. The molecule has 1 aromatic heterocycles. The van der Waals surface area contributed by atoms with Crippen LogP contribution in [-0.4, -0.2) is 38.4 Å². The smallest absolute Gasteiger partial charge is 0.338 e. The lowest BCUT2D eigenvalue weighted by molar-refractivity contribution is 0.0505. The molecule has 1 aliphatic heterocycles. The predicted molar refractivity (Wildman–Crippen MR) is 149 cm³/mol. The summed E-state index contributed by atoms with van der Waals surface area (Å²) < 4.78 is 34.0. The highest BCUT2D eigenvalue weighted by Gasteiger charge is 2.24. The Kier molecular flexibility index (Phi) is 7.93. The second kappa shape index (κ2) is 11.7. The zero-order valence-electron chi connectivity index (χ0n) is 22.9. The Bertz CT molecular complexity index is 1590. The largest absolute Gasteiger partial charge is 0.493 e. The fourth-order valence-corrected chi connectivity index (χ4v) is 4.61. The average Bonchev–Trinajstić information content (AvgIpc) is 2.98. The maximum absolute atomic E-state index is 13.5. The number of ether oxygens (including phenoxy) is 5. The third kappa shape index (κ3) is 5.46. The first-order valence-corrected chi connectivity index (χ1v) is 13.0. The maximum atomic E-state index is 13.5. The number of methoxy groups -OCH3 is 2. The van der Waals surface area contributed by atoms with Gasteiger partial charge < -0.3 is 28.1 Å². The predicted octanol–water partition coefficient (Wildman–Crippen LogP) is 5.83. The van der Waals surface area contributed by atoms with Gasteiger partial charge in [-0.25, -0.2) is 4.79 Å². The molecular formula is C31H31NO8. The molecule has 0 unspecified atom stereocenters. The van der Waals surface area contributed by atoms with Crippen molar-refractivity contribution in [3.8, 4) is 28.7 Å². The minimum atomic E-state index is -0.401. The summed E-state index contributed by atoms with van der Waals surface area (Å²) in [5, 5.41) is 0.399. The molecule has 2 heterocycles. The third-order valence-corrected chi connectivity index (χ3v) is 6.63. The molecule has 0 atom stereocenters. The first-order valence-electron chi connectivity index (χ1n) is 13.0. The molecule has 0 fully saturated rings. The fraction of sp³-hybridized carbons (Fsp3) is 0.290. The van der Waals surface area contributed by atoms with E-state index in [1.54, 1.807) is 57.5 Å². The van der Waals surface area contributed by atoms with Gasteiger partial charge in [0.05, 0.1) is 37.3 Å². The molecule has 9 nitrogen and oxygen atoms in total. The molecular weight excluding hydrogens is 514 g/mol. The molecule has 3 aromatic carbocycles. The van der Waals surface area contributed by atoms with E-state index in [2.05, 4.69) is 4.90 Å². The lowest BCUT2D eigenvalue weighted by Crippen LogP contribution is -2.31. The van der Waals surface area contributed by atoms with E-state index < -0.39 is 5.97 Å². The van der Waals surface area contributed by atoms with E-state index in [0.717, 1.165) is 17.5 Å². The van der Waals surface area contributed by atoms with Crippen LogP contribution in [0.5, 0.6) is 28.7 Å². The molecule has 0 aliphatic carbocycles. The van der Waals surface area contributed by atoms with Crippen LogP contribution in [0.4, 0.5) is 0 Å². The molecule has 0 spiro atoms. The molecule has 0 bridgehead atoms. The first kappa shape index (κ1) is 27.1. The second-order valence-electron chi connectivity index (χ2n) is 9.45. The van der Waals surface area contributed by atoms with Crippen LogP contribution in [0.15, 0.2) is 63.8 Å². The van der Waals surface area contributed by atoms with Gasteiger partial charge >= 0.3 is 5.97 Å². The Labute approximate surface area is 231 Å². The molecule has 0 N–H and O–H groups in total. The van der Waals surface area contributed by atoms with Gasteiger partial charge in [-0.3, -0.25) is 9.69 Å². The van der Waals surface area contributed by atoms with Crippen molar-refractivity contribution in [3.05, 3.63) is 87.3 Å². The number of benzene rings is 3. The summed E-state index contributed by atoms with van der Waals surface area (Å²) in [7, 11) is 3.21. The summed E-state index contributed by atoms with van der Waals surface area (Å²) >= 11 is 0. The van der Waals surface area contributed by atoms with E-state index in [-0.39, 0.29) is 11.2 Å². The van der Waals surface area contributed by atoms with Gasteiger partial charge in [0.1, 0.15) is 29.6 Å². The van der Waals surface area contributed by atoms with Crippen molar-refractivity contribution >= 4 is 16.9 Å². The lowest BCUT2D eigenvalue weighted by atomic mass is 10.1. The van der Waals surface area contributed by atoms with Crippen LogP contribution in [0.25, 0.3) is 11.0 Å². The van der Waals surface area contributed by atoms with Crippen molar-refractivity contribution in [3.63, 3.8) is 0 Å². The highest BCUT2D eigenvalue weighted by molar-refractivity contribution is 5.89. The van der Waals surface area contributed by atoms with Gasteiger partial charge in [0.2, 0.25) is 11.2 Å². The van der Waals surface area contributed by atoms with Crippen molar-refractivity contribution in [2.45, 2.75) is 33.4 Å². The molecule has 0 amide bonds. The molecule has 9 heteroatoms. The molecule has 40 heavy (non-hydrogen) atoms. The quantitative estimate of drug-likeness (QED) is 0.241. The minimum absolute atomic E-state index is 0.0904. The van der Waals surface area contributed by atoms with Crippen LogP contribution in [0, 0.1) is 6.92 Å². The van der Waals surface area contributed by atoms with Gasteiger partial charge in [-0.05, 0) is 67.4 Å². The van der Waals surface area contributed by atoms with Crippen molar-refractivity contribution in [1.29, 1.82) is 0 Å². The van der Waals surface area contributed by atoms with Crippen LogP contribution in [0.3, 0.4) is 0 Å². The number of esters is 1. The molecule has 0 saturated carbocycles. The average molecular weight is 546 g/mol. The molecule has 0 saturated heterocycles. The molecule has 4 aromatic rings. The van der Waals surface area contributed by atoms with Crippen LogP contribution in [0.2, 0.25) is 0 Å². The second-order valence-corrected chi connectivity index (χ2v) is 9.45. The Balaban J connectivity index is 1.39. The van der Waals surface area contributed by atoms with Gasteiger partial charge in [-0.2, -0.15) is 0 Å². The fourth-order valence-electron chi connectivity index (χ4n) is 4.61. The van der Waals surface area contributed by atoms with E-state index >= 15 is 0 Å². The van der Waals surface area contributed by atoms with E-state index in [1.807, 2.05) is 25.1 Å². The summed E-state index contributed by atoms with van der Waals surface area (Å²) in [6.07, 6.45) is 0.745. The van der Waals surface area contributed by atoms with Crippen LogP contribution >= 0.6 is 0 Å². The van der Waals surface area contributed by atoms with Crippen molar-refractivity contribution in [2.24, 2.45) is 0 Å². The Hall–Kier alpha value is -4.50. The number of hydrogen-bond donors (Lipinski definition) is 0. The van der Waals surface area contributed by atoms with Crippen LogP contribution in [0.1, 0.15) is 40.6 Å². The van der Waals surface area contributed by atoms with Gasteiger partial charge in [-0.1, -0.05) is 13.0 Å². The van der Waals surface area contributed by atoms with Gasteiger partial charge in [0.15, 0.2) is 11.5 Å². The van der Waals surface area contributed by atoms with E-state index in [0.29, 0.717) is 71.7 Å². The van der Waals surface area contributed by atoms with Gasteiger partial charge in [-0.15, -0.1) is 0 Å². The number of hydrogen-bond acceptors (Lipinski definition) is 9. The van der Waals surface area contributed by atoms with Crippen LogP contribution in [-0.2, 0) is 17.8 Å². The monoisotopic (exact) mass is 545 g/mol. The zero-order valence-corrected chi connectivity index (χ0v) is 22.9. The standard InChI is InChI=1S/C31H31NO8/c1-5-14-37-31(34)21-7-9-22(10-8-21)40-29-19(2)39-30-23(28(29)33)11-13-25-24(30)17-32(18-38-25)16-20-6-12-26(35-3)27(15-20)36-4/h6-13,15H,5,14,16-18H2,1-4H3. The summed E-state index contributed by atoms with van der Waals surface area (Å²) in [6, 6.07) is 15.7. The zero-order chi connectivity index (χ0) is 28.2. The molecule has 208 valence electrons. The maximum Gasteiger partial charge on any atom is 0.338 e. The van der Waals surface area contributed by atoms with Crippen molar-refractivity contribution < 1.29 is 32.9 Å². The Morgan fingerprint density at radius 3 is 2.50 bits per heavy atom. The highest BCUT2D eigenvalue weighted by atomic mass is 16.5. The van der Waals surface area contributed by atoms with E-state index in [4.69, 9.17) is 28.1 Å². The van der Waals surface area contributed by atoms with E-state index in [9.17, 15) is 9.59 Å². The number of nitrogens with zero attached hydrogens (tertiary/aromatic N) is 1. The lowest BCUT2D eigenvalue weighted by Gasteiger charge is -2.29. The van der Waals surface area contributed by atoms with Gasteiger partial charge in [0.25, 0.3) is 0 Å². The number of aryl methyl sites for hydroxylation is 1. The normalized spacial score (nSPS) is 12.9. The highest BCUT2D eigenvalue weighted by Crippen LogP contribution is 2.35. The van der Waals surface area contributed by atoms with Gasteiger partial charge in [0, 0.05) is 13.1 Å². The Morgan fingerprint density at radius 2 is 1.77 bits per heavy atom. The summed E-state index contributed by atoms with van der Waals surface area (Å²) in [4.78, 5) is 27.7. The number of rotatable bonds is 9. The number of carbonyl (C=O) groups excluding carboxylic acids is 1. The number of fused-ring (bicyclic) bond motifs is 3. The minimum Gasteiger partial charge on any atom is -0.493 e. The summed E-state index contributed by atoms with van der Waals surface area (Å²) in [5.41, 5.74) is 2.42. The van der Waals surface area contributed by atoms with Crippen molar-refractivity contribution in [1.82, 2.24) is 4.90 Å². The molecule has 1 aliphatic rings. The molecule has 0 radical (unpaired) electrons. The van der Waals surface area contributed by atoms with E-state index in [1.165, 1.54) is 0 Å². The number of carbonyl (C=O) groups is 1. The summed E-state index contributed by atoms with van der Waals surface area (Å²) in [6.45, 7) is 5.50. The third-order valence-electron chi connectivity index (χ3n) is 6.63. The van der Waals surface area contributed by atoms with Crippen LogP contribution < -0.4 is 24.4 Å². The summed E-state index contributed by atoms with van der Waals surface area (Å²) in [5.74, 6) is 2.44. The van der Waals surface area contributed by atoms with Crippen molar-refractivity contribution in [2.75, 3.05) is 27.6 Å². The first-order chi connectivity index (χ1) is 19.4. The SMILES string of the molecule is CCCOC(=O)c1ccc(Oc2c(C)oc3c4c(ccc3c2=O)OCN(Cc2ccc(OC)c(OC)c2)C4)cc1. The molecule has 5 rings (SSSR count).